The molecule has 5 heteroatoms. The minimum atomic E-state index is -0.400. The molecule has 0 aliphatic heterocycles. The third-order valence-corrected chi connectivity index (χ3v) is 2.33. The van der Waals surface area contributed by atoms with Crippen LogP contribution in [0.3, 0.4) is 0 Å². The second-order valence-electron chi connectivity index (χ2n) is 3.60. The predicted molar refractivity (Wildman–Crippen MR) is 56.2 cm³/mol. The molecular formula is C10H14N4O. The zero-order valence-electron chi connectivity index (χ0n) is 8.86. The van der Waals surface area contributed by atoms with Gasteiger partial charge in [-0.1, -0.05) is 6.92 Å². The van der Waals surface area contributed by atoms with Crippen LogP contribution in [0.25, 0.3) is 0 Å². The zero-order chi connectivity index (χ0) is 11.3. The molecule has 0 aliphatic carbocycles. The summed E-state index contributed by atoms with van der Waals surface area (Å²) in [6.45, 7) is 3.89. The summed E-state index contributed by atoms with van der Waals surface area (Å²) in [4.78, 5) is 7.91. The molecule has 15 heavy (non-hydrogen) atoms. The molecule has 0 saturated heterocycles. The number of nitrogens with one attached hydrogen (secondary N) is 1. The first-order valence-electron chi connectivity index (χ1n) is 4.75. The van der Waals surface area contributed by atoms with E-state index in [2.05, 4.69) is 15.3 Å². The van der Waals surface area contributed by atoms with Crippen molar-refractivity contribution in [2.75, 3.05) is 11.9 Å². The summed E-state index contributed by atoms with van der Waals surface area (Å²) in [7, 11) is 0. The highest BCUT2D eigenvalue weighted by molar-refractivity contribution is 5.36. The van der Waals surface area contributed by atoms with Gasteiger partial charge in [-0.15, -0.1) is 0 Å². The van der Waals surface area contributed by atoms with Gasteiger partial charge in [0.2, 0.25) is 0 Å². The summed E-state index contributed by atoms with van der Waals surface area (Å²) in [5.74, 6) is 0.562. The second-order valence-corrected chi connectivity index (χ2v) is 3.60. The Labute approximate surface area is 88.8 Å². The Morgan fingerprint density at radius 2 is 2.27 bits per heavy atom. The lowest BCUT2D eigenvalue weighted by Gasteiger charge is -2.27. The molecule has 0 aliphatic rings. The van der Waals surface area contributed by atoms with E-state index in [1.165, 1.54) is 12.4 Å². The van der Waals surface area contributed by atoms with E-state index < -0.39 is 5.54 Å². The number of aliphatic hydroxyl groups excluding tert-OH is 1. The van der Waals surface area contributed by atoms with E-state index in [0.717, 1.165) is 6.42 Å². The molecule has 0 spiro atoms. The topological polar surface area (TPSA) is 81.8 Å². The second kappa shape index (κ2) is 4.71. The maximum atomic E-state index is 9.18. The van der Waals surface area contributed by atoms with Gasteiger partial charge in [0, 0.05) is 0 Å². The molecule has 1 atom stereocenters. The minimum Gasteiger partial charge on any atom is -0.394 e. The maximum absolute atomic E-state index is 9.18. The standard InChI is InChI=1S/C10H14N4O/c1-3-10(2,7-15)14-9-6-12-8(4-11)5-13-9/h5-6,15H,3,7H2,1-2H3,(H,13,14). The molecule has 1 unspecified atom stereocenters. The van der Waals surface area contributed by atoms with Crippen molar-refractivity contribution in [1.29, 1.82) is 5.26 Å². The van der Waals surface area contributed by atoms with Gasteiger partial charge in [-0.05, 0) is 13.3 Å². The predicted octanol–water partition coefficient (Wildman–Crippen LogP) is 0.921. The number of hydrogen-bond acceptors (Lipinski definition) is 5. The van der Waals surface area contributed by atoms with Gasteiger partial charge in [0.25, 0.3) is 0 Å². The van der Waals surface area contributed by atoms with Crippen LogP contribution in [-0.2, 0) is 0 Å². The maximum Gasteiger partial charge on any atom is 0.158 e. The van der Waals surface area contributed by atoms with E-state index in [4.69, 9.17) is 5.26 Å². The molecule has 1 aromatic heterocycles. The summed E-state index contributed by atoms with van der Waals surface area (Å²) in [5.41, 5.74) is -0.120. The molecule has 0 radical (unpaired) electrons. The average Bonchev–Trinajstić information content (AvgIpc) is 2.30. The van der Waals surface area contributed by atoms with Crippen molar-refractivity contribution in [2.24, 2.45) is 0 Å². The molecule has 2 N–H and O–H groups in total. The van der Waals surface area contributed by atoms with E-state index in [1.807, 2.05) is 19.9 Å². The third kappa shape index (κ3) is 2.89. The largest absolute Gasteiger partial charge is 0.394 e. The van der Waals surface area contributed by atoms with Gasteiger partial charge in [-0.2, -0.15) is 5.26 Å². The highest BCUT2D eigenvalue weighted by Crippen LogP contribution is 2.15. The molecule has 80 valence electrons. The van der Waals surface area contributed by atoms with E-state index in [9.17, 15) is 5.11 Å². The van der Waals surface area contributed by atoms with Crippen LogP contribution in [-0.4, -0.2) is 27.2 Å². The molecule has 0 fully saturated rings. The SMILES string of the molecule is CCC(C)(CO)Nc1cnc(C#N)cn1. The summed E-state index contributed by atoms with van der Waals surface area (Å²) in [6, 6.07) is 1.89. The van der Waals surface area contributed by atoms with Crippen LogP contribution in [0.2, 0.25) is 0 Å². The van der Waals surface area contributed by atoms with Crippen molar-refractivity contribution in [3.63, 3.8) is 0 Å². The fourth-order valence-electron chi connectivity index (χ4n) is 0.999. The zero-order valence-corrected chi connectivity index (χ0v) is 8.86. The highest BCUT2D eigenvalue weighted by Gasteiger charge is 2.20. The molecule has 0 aromatic carbocycles. The Kier molecular flexibility index (Phi) is 3.58. The van der Waals surface area contributed by atoms with Gasteiger partial charge < -0.3 is 10.4 Å². The van der Waals surface area contributed by atoms with Crippen molar-refractivity contribution in [2.45, 2.75) is 25.8 Å². The summed E-state index contributed by atoms with van der Waals surface area (Å²) < 4.78 is 0. The number of rotatable bonds is 4. The van der Waals surface area contributed by atoms with Gasteiger partial charge >= 0.3 is 0 Å². The lowest BCUT2D eigenvalue weighted by atomic mass is 10.0. The van der Waals surface area contributed by atoms with E-state index in [1.54, 1.807) is 0 Å². The van der Waals surface area contributed by atoms with Crippen LogP contribution < -0.4 is 5.32 Å². The molecule has 0 saturated carbocycles. The molecule has 1 heterocycles. The van der Waals surface area contributed by atoms with Crippen molar-refractivity contribution in [1.82, 2.24) is 9.97 Å². The Bertz CT molecular complexity index is 351. The van der Waals surface area contributed by atoms with Gasteiger partial charge in [0.05, 0.1) is 24.5 Å². The van der Waals surface area contributed by atoms with Crippen LogP contribution in [0.15, 0.2) is 12.4 Å². The Morgan fingerprint density at radius 1 is 1.53 bits per heavy atom. The molecular weight excluding hydrogens is 192 g/mol. The van der Waals surface area contributed by atoms with Crippen molar-refractivity contribution >= 4 is 5.82 Å². The highest BCUT2D eigenvalue weighted by atomic mass is 16.3. The lowest BCUT2D eigenvalue weighted by Crippen LogP contribution is -2.38. The van der Waals surface area contributed by atoms with Crippen molar-refractivity contribution in [3.8, 4) is 6.07 Å². The molecule has 1 aromatic rings. The van der Waals surface area contributed by atoms with Gasteiger partial charge in [0.15, 0.2) is 5.69 Å². The Morgan fingerprint density at radius 3 is 2.67 bits per heavy atom. The quantitative estimate of drug-likeness (QED) is 0.765. The number of nitrogens with zero attached hydrogens (tertiary/aromatic N) is 3. The molecule has 0 amide bonds. The number of aliphatic hydroxyl groups is 1. The van der Waals surface area contributed by atoms with E-state index in [0.29, 0.717) is 5.82 Å². The first-order chi connectivity index (χ1) is 7.13. The Hall–Kier alpha value is -1.67. The van der Waals surface area contributed by atoms with Gasteiger partial charge in [-0.25, -0.2) is 9.97 Å². The summed E-state index contributed by atoms with van der Waals surface area (Å²) >= 11 is 0. The normalized spacial score (nSPS) is 14.0. The van der Waals surface area contributed by atoms with Crippen LogP contribution in [0, 0.1) is 11.3 Å². The third-order valence-electron chi connectivity index (χ3n) is 2.33. The van der Waals surface area contributed by atoms with Crippen molar-refractivity contribution < 1.29 is 5.11 Å². The fourth-order valence-corrected chi connectivity index (χ4v) is 0.999. The van der Waals surface area contributed by atoms with E-state index >= 15 is 0 Å². The number of anilines is 1. The first-order valence-corrected chi connectivity index (χ1v) is 4.75. The first kappa shape index (κ1) is 11.4. The summed E-state index contributed by atoms with van der Waals surface area (Å²) in [6.07, 6.45) is 3.66. The van der Waals surface area contributed by atoms with Crippen LogP contribution in [0.4, 0.5) is 5.82 Å². The number of nitriles is 1. The lowest BCUT2D eigenvalue weighted by molar-refractivity contribution is 0.218. The molecule has 5 nitrogen and oxygen atoms in total. The van der Waals surface area contributed by atoms with Crippen LogP contribution in [0.5, 0.6) is 0 Å². The number of hydrogen-bond donors (Lipinski definition) is 2. The van der Waals surface area contributed by atoms with Crippen LogP contribution >= 0.6 is 0 Å². The van der Waals surface area contributed by atoms with Gasteiger partial charge in [0.1, 0.15) is 11.9 Å². The number of aromatic nitrogens is 2. The Balaban J connectivity index is 2.77. The molecule has 1 rings (SSSR count). The van der Waals surface area contributed by atoms with E-state index in [-0.39, 0.29) is 12.3 Å². The smallest absolute Gasteiger partial charge is 0.158 e. The minimum absolute atomic E-state index is 0.0190. The van der Waals surface area contributed by atoms with Crippen molar-refractivity contribution in [3.05, 3.63) is 18.1 Å². The van der Waals surface area contributed by atoms with Crippen LogP contribution in [0.1, 0.15) is 26.0 Å². The average molecular weight is 206 g/mol. The fraction of sp³-hybridized carbons (Fsp3) is 0.500. The monoisotopic (exact) mass is 206 g/mol. The molecule has 0 bridgehead atoms. The summed E-state index contributed by atoms with van der Waals surface area (Å²) in [5, 5.41) is 20.8. The van der Waals surface area contributed by atoms with Gasteiger partial charge in [-0.3, -0.25) is 0 Å².